The summed E-state index contributed by atoms with van der Waals surface area (Å²) in [6, 6.07) is 6.08. The van der Waals surface area contributed by atoms with Crippen molar-refractivity contribution in [2.24, 2.45) is 0 Å². The Hall–Kier alpha value is -1.56. The maximum absolute atomic E-state index is 12.6. The first kappa shape index (κ1) is 12.9. The number of fused-ring (bicyclic) bond motifs is 1. The molecule has 0 saturated heterocycles. The van der Waals surface area contributed by atoms with Crippen LogP contribution in [0.2, 0.25) is 0 Å². The fraction of sp³-hybridized carbons (Fsp3) is 0.250. The third kappa shape index (κ3) is 2.08. The standard InChI is InChI=1S/C12H11F2NO2S/c1-2-18(17)10-5-3-4-9-8(10)6-7-15(11(9)16)12(13)14/h3-7,12H,2H2,1H3. The minimum absolute atomic E-state index is 0.164. The Labute approximate surface area is 105 Å². The van der Waals surface area contributed by atoms with Gasteiger partial charge in [-0.2, -0.15) is 8.78 Å². The minimum atomic E-state index is -2.87. The summed E-state index contributed by atoms with van der Waals surface area (Å²) in [5.74, 6) is 0.414. The second-order valence-electron chi connectivity index (χ2n) is 3.66. The van der Waals surface area contributed by atoms with Gasteiger partial charge in [0.25, 0.3) is 5.56 Å². The summed E-state index contributed by atoms with van der Waals surface area (Å²) in [6.45, 7) is -1.11. The summed E-state index contributed by atoms with van der Waals surface area (Å²) in [5, 5.41) is 0.636. The third-order valence-corrected chi connectivity index (χ3v) is 4.02. The molecule has 0 aliphatic rings. The lowest BCUT2D eigenvalue weighted by atomic mass is 10.2. The van der Waals surface area contributed by atoms with E-state index in [1.54, 1.807) is 19.1 Å². The molecule has 0 spiro atoms. The van der Waals surface area contributed by atoms with Gasteiger partial charge < -0.3 is 0 Å². The number of pyridine rings is 1. The fourth-order valence-electron chi connectivity index (χ4n) is 1.77. The van der Waals surface area contributed by atoms with Gasteiger partial charge in [-0.05, 0) is 18.2 Å². The Bertz CT molecular complexity index is 667. The molecule has 0 N–H and O–H groups in total. The van der Waals surface area contributed by atoms with Crippen molar-refractivity contribution in [2.45, 2.75) is 18.4 Å². The van der Waals surface area contributed by atoms with Crippen molar-refractivity contribution in [3.05, 3.63) is 40.8 Å². The number of aromatic nitrogens is 1. The molecule has 0 aliphatic carbocycles. The van der Waals surface area contributed by atoms with Crippen LogP contribution in [0.3, 0.4) is 0 Å². The number of halogens is 2. The van der Waals surface area contributed by atoms with E-state index in [0.717, 1.165) is 6.20 Å². The molecule has 1 atom stereocenters. The largest absolute Gasteiger partial charge is 0.321 e. The van der Waals surface area contributed by atoms with E-state index in [9.17, 15) is 17.8 Å². The van der Waals surface area contributed by atoms with Gasteiger partial charge in [-0.3, -0.25) is 13.6 Å². The Morgan fingerprint density at radius 3 is 2.61 bits per heavy atom. The quantitative estimate of drug-likeness (QED) is 0.860. The van der Waals surface area contributed by atoms with Gasteiger partial charge in [0, 0.05) is 27.6 Å². The Kier molecular flexibility index (Phi) is 3.56. The summed E-state index contributed by atoms with van der Waals surface area (Å²) in [6.07, 6.45) is 1.03. The maximum Gasteiger partial charge on any atom is 0.321 e. The molecule has 0 radical (unpaired) electrons. The summed E-state index contributed by atoms with van der Waals surface area (Å²) in [5.41, 5.74) is -0.766. The molecule has 6 heteroatoms. The van der Waals surface area contributed by atoms with Gasteiger partial charge in [0.15, 0.2) is 0 Å². The van der Waals surface area contributed by atoms with Crippen LogP contribution in [0.1, 0.15) is 13.5 Å². The second-order valence-corrected chi connectivity index (χ2v) is 5.37. The lowest BCUT2D eigenvalue weighted by molar-refractivity contribution is 0.0669. The molecule has 0 amide bonds. The molecule has 2 rings (SSSR count). The van der Waals surface area contributed by atoms with Crippen LogP contribution >= 0.6 is 0 Å². The van der Waals surface area contributed by atoms with Crippen LogP contribution < -0.4 is 5.56 Å². The predicted molar refractivity (Wildman–Crippen MR) is 66.4 cm³/mol. The van der Waals surface area contributed by atoms with Crippen LogP contribution in [0.15, 0.2) is 40.2 Å². The highest BCUT2D eigenvalue weighted by molar-refractivity contribution is 7.85. The third-order valence-electron chi connectivity index (χ3n) is 2.65. The average Bonchev–Trinajstić information content (AvgIpc) is 2.37. The van der Waals surface area contributed by atoms with E-state index < -0.39 is 22.9 Å². The van der Waals surface area contributed by atoms with E-state index in [-0.39, 0.29) is 5.39 Å². The molecule has 1 aromatic carbocycles. The monoisotopic (exact) mass is 271 g/mol. The Balaban J connectivity index is 2.79. The molecular weight excluding hydrogens is 260 g/mol. The first-order chi connectivity index (χ1) is 8.56. The highest BCUT2D eigenvalue weighted by Crippen LogP contribution is 2.20. The minimum Gasteiger partial charge on any atom is -0.269 e. The zero-order valence-corrected chi connectivity index (χ0v) is 10.4. The molecule has 0 saturated carbocycles. The van der Waals surface area contributed by atoms with Gasteiger partial charge in [-0.25, -0.2) is 0 Å². The number of alkyl halides is 2. The average molecular weight is 271 g/mol. The molecule has 0 aliphatic heterocycles. The van der Waals surface area contributed by atoms with Crippen LogP contribution in [0.5, 0.6) is 0 Å². The van der Waals surface area contributed by atoms with E-state index in [0.29, 0.717) is 20.6 Å². The first-order valence-electron chi connectivity index (χ1n) is 5.36. The topological polar surface area (TPSA) is 39.1 Å². The predicted octanol–water partition coefficient (Wildman–Crippen LogP) is 2.52. The number of nitrogens with zero attached hydrogens (tertiary/aromatic N) is 1. The first-order valence-corrected chi connectivity index (χ1v) is 6.68. The fourth-order valence-corrected chi connectivity index (χ4v) is 2.74. The zero-order chi connectivity index (χ0) is 13.3. The van der Waals surface area contributed by atoms with Crippen molar-refractivity contribution in [3.8, 4) is 0 Å². The summed E-state index contributed by atoms with van der Waals surface area (Å²) >= 11 is 0. The van der Waals surface area contributed by atoms with E-state index in [4.69, 9.17) is 0 Å². The van der Waals surface area contributed by atoms with Crippen molar-refractivity contribution in [3.63, 3.8) is 0 Å². The van der Waals surface area contributed by atoms with E-state index in [2.05, 4.69) is 0 Å². The molecule has 1 heterocycles. The van der Waals surface area contributed by atoms with Crippen molar-refractivity contribution in [2.75, 3.05) is 5.75 Å². The number of benzene rings is 1. The van der Waals surface area contributed by atoms with Gasteiger partial charge in [0.05, 0.1) is 10.8 Å². The number of rotatable bonds is 3. The molecule has 1 aromatic heterocycles. The van der Waals surface area contributed by atoms with Crippen LogP contribution in [0.25, 0.3) is 10.8 Å². The summed E-state index contributed by atoms with van der Waals surface area (Å²) < 4.78 is 37.3. The number of hydrogen-bond donors (Lipinski definition) is 0. The van der Waals surface area contributed by atoms with Crippen molar-refractivity contribution in [1.82, 2.24) is 4.57 Å². The molecule has 3 nitrogen and oxygen atoms in total. The van der Waals surface area contributed by atoms with Gasteiger partial charge in [-0.15, -0.1) is 0 Å². The Morgan fingerprint density at radius 1 is 1.28 bits per heavy atom. The maximum atomic E-state index is 12.6. The number of hydrogen-bond acceptors (Lipinski definition) is 2. The zero-order valence-electron chi connectivity index (χ0n) is 9.60. The van der Waals surface area contributed by atoms with Crippen LogP contribution in [-0.2, 0) is 10.8 Å². The molecule has 96 valence electrons. The van der Waals surface area contributed by atoms with Crippen molar-refractivity contribution < 1.29 is 13.0 Å². The van der Waals surface area contributed by atoms with Crippen LogP contribution in [0.4, 0.5) is 8.78 Å². The lowest BCUT2D eigenvalue weighted by Crippen LogP contribution is -2.20. The van der Waals surface area contributed by atoms with E-state index >= 15 is 0 Å². The molecular formula is C12H11F2NO2S. The van der Waals surface area contributed by atoms with E-state index in [1.807, 2.05) is 0 Å². The summed E-state index contributed by atoms with van der Waals surface area (Å²) in [4.78, 5) is 12.3. The lowest BCUT2D eigenvalue weighted by Gasteiger charge is -2.08. The highest BCUT2D eigenvalue weighted by Gasteiger charge is 2.13. The Morgan fingerprint density at radius 2 is 2.00 bits per heavy atom. The smallest absolute Gasteiger partial charge is 0.269 e. The molecule has 2 aromatic rings. The van der Waals surface area contributed by atoms with Crippen molar-refractivity contribution in [1.29, 1.82) is 0 Å². The van der Waals surface area contributed by atoms with Gasteiger partial charge in [0.2, 0.25) is 0 Å². The van der Waals surface area contributed by atoms with Crippen molar-refractivity contribution >= 4 is 21.6 Å². The second kappa shape index (κ2) is 4.97. The normalized spacial score (nSPS) is 13.1. The van der Waals surface area contributed by atoms with Crippen LogP contribution in [-0.4, -0.2) is 14.5 Å². The molecule has 1 unspecified atom stereocenters. The summed E-state index contributed by atoms with van der Waals surface area (Å²) in [7, 11) is -1.23. The van der Waals surface area contributed by atoms with Gasteiger partial charge in [0.1, 0.15) is 0 Å². The molecule has 0 bridgehead atoms. The SMILES string of the molecule is CCS(=O)c1cccc2c(=O)n(C(F)F)ccc12. The van der Waals surface area contributed by atoms with Crippen LogP contribution in [0, 0.1) is 0 Å². The van der Waals surface area contributed by atoms with Gasteiger partial charge in [-0.1, -0.05) is 13.0 Å². The van der Waals surface area contributed by atoms with Gasteiger partial charge >= 0.3 is 6.55 Å². The highest BCUT2D eigenvalue weighted by atomic mass is 32.2. The van der Waals surface area contributed by atoms with E-state index in [1.165, 1.54) is 12.1 Å². The molecule has 0 fully saturated rings. The molecule has 18 heavy (non-hydrogen) atoms.